The van der Waals surface area contributed by atoms with Gasteiger partial charge in [0.05, 0.1) is 18.0 Å². The molecule has 0 saturated carbocycles. The molecule has 0 spiro atoms. The van der Waals surface area contributed by atoms with Gasteiger partial charge in [-0.2, -0.15) is 0 Å². The van der Waals surface area contributed by atoms with Crippen LogP contribution in [0.3, 0.4) is 0 Å². The molecule has 0 atom stereocenters. The van der Waals surface area contributed by atoms with Gasteiger partial charge in [-0.15, -0.1) is 11.3 Å². The molecule has 3 nitrogen and oxygen atoms in total. The Labute approximate surface area is 123 Å². The lowest BCUT2D eigenvalue weighted by molar-refractivity contribution is -0.115. The quantitative estimate of drug-likeness (QED) is 0.905. The minimum Gasteiger partial charge on any atom is -0.494 e. The van der Waals surface area contributed by atoms with Crippen LogP contribution in [-0.2, 0) is 11.2 Å². The summed E-state index contributed by atoms with van der Waals surface area (Å²) in [6.07, 6.45) is 0.377. The van der Waals surface area contributed by atoms with E-state index in [0.717, 1.165) is 16.3 Å². The fraction of sp³-hybridized carbons (Fsp3) is 0.312. The molecule has 1 heterocycles. The van der Waals surface area contributed by atoms with Crippen molar-refractivity contribution in [1.82, 2.24) is 0 Å². The fourth-order valence-corrected chi connectivity index (χ4v) is 2.82. The van der Waals surface area contributed by atoms with Gasteiger partial charge in [-0.3, -0.25) is 4.79 Å². The van der Waals surface area contributed by atoms with Crippen LogP contribution in [0.4, 0.5) is 5.00 Å². The third-order valence-electron chi connectivity index (χ3n) is 3.03. The van der Waals surface area contributed by atoms with E-state index in [2.05, 4.69) is 12.2 Å². The Morgan fingerprint density at radius 2 is 1.95 bits per heavy atom. The first-order valence-corrected chi connectivity index (χ1v) is 7.48. The molecule has 0 saturated heterocycles. The molecule has 0 aliphatic carbocycles. The maximum atomic E-state index is 12.0. The Hall–Kier alpha value is -1.81. The molecule has 0 fully saturated rings. The third kappa shape index (κ3) is 3.84. The number of carbonyl (C=O) groups excluding carboxylic acids is 1. The van der Waals surface area contributed by atoms with Crippen molar-refractivity contribution < 1.29 is 9.53 Å². The molecule has 20 heavy (non-hydrogen) atoms. The van der Waals surface area contributed by atoms with Crippen molar-refractivity contribution in [2.45, 2.75) is 27.2 Å². The molecule has 4 heteroatoms. The van der Waals surface area contributed by atoms with Crippen molar-refractivity contribution in [1.29, 1.82) is 0 Å². The zero-order valence-corrected chi connectivity index (χ0v) is 12.8. The molecule has 2 rings (SSSR count). The van der Waals surface area contributed by atoms with Crippen LogP contribution in [0.25, 0.3) is 0 Å². The van der Waals surface area contributed by atoms with Gasteiger partial charge in [-0.25, -0.2) is 0 Å². The Morgan fingerprint density at radius 3 is 2.50 bits per heavy atom. The van der Waals surface area contributed by atoms with Gasteiger partial charge in [0.1, 0.15) is 5.75 Å². The third-order valence-corrected chi connectivity index (χ3v) is 4.10. The van der Waals surface area contributed by atoms with Crippen molar-refractivity contribution in [2.24, 2.45) is 0 Å². The summed E-state index contributed by atoms with van der Waals surface area (Å²) in [6.45, 7) is 6.71. The van der Waals surface area contributed by atoms with Gasteiger partial charge in [-0.05, 0) is 50.1 Å². The maximum Gasteiger partial charge on any atom is 0.229 e. The molecule has 0 aliphatic heterocycles. The van der Waals surface area contributed by atoms with E-state index in [1.54, 1.807) is 11.3 Å². The molecular formula is C16H19NO2S. The highest BCUT2D eigenvalue weighted by molar-refractivity contribution is 7.16. The number of amides is 1. The number of carbonyl (C=O) groups is 1. The number of anilines is 1. The zero-order valence-electron chi connectivity index (χ0n) is 12.0. The van der Waals surface area contributed by atoms with Gasteiger partial charge in [0.2, 0.25) is 5.91 Å². The molecule has 2 aromatic rings. The van der Waals surface area contributed by atoms with E-state index in [1.807, 2.05) is 44.2 Å². The van der Waals surface area contributed by atoms with Gasteiger partial charge < -0.3 is 10.1 Å². The fourth-order valence-electron chi connectivity index (χ4n) is 1.87. The topological polar surface area (TPSA) is 38.3 Å². The SMILES string of the molecule is CCOc1ccc(CC(=O)Nc2cc(C)c(C)s2)cc1. The summed E-state index contributed by atoms with van der Waals surface area (Å²) in [7, 11) is 0. The van der Waals surface area contributed by atoms with E-state index in [0.29, 0.717) is 13.0 Å². The second kappa shape index (κ2) is 6.57. The van der Waals surface area contributed by atoms with Crippen molar-refractivity contribution >= 4 is 22.2 Å². The second-order valence-electron chi connectivity index (χ2n) is 4.65. The monoisotopic (exact) mass is 289 g/mol. The summed E-state index contributed by atoms with van der Waals surface area (Å²) in [5.41, 5.74) is 2.20. The highest BCUT2D eigenvalue weighted by atomic mass is 32.1. The van der Waals surface area contributed by atoms with E-state index in [1.165, 1.54) is 10.4 Å². The average Bonchev–Trinajstić information content (AvgIpc) is 2.71. The van der Waals surface area contributed by atoms with Gasteiger partial charge >= 0.3 is 0 Å². The van der Waals surface area contributed by atoms with Crippen LogP contribution >= 0.6 is 11.3 Å². The summed E-state index contributed by atoms with van der Waals surface area (Å²) in [5, 5.41) is 3.85. The molecule has 1 aromatic carbocycles. The van der Waals surface area contributed by atoms with Crippen LogP contribution < -0.4 is 10.1 Å². The predicted octanol–water partition coefficient (Wildman–Crippen LogP) is 3.94. The Kier molecular flexibility index (Phi) is 4.79. The molecule has 0 bridgehead atoms. The first-order valence-electron chi connectivity index (χ1n) is 6.67. The Balaban J connectivity index is 1.93. The molecule has 0 radical (unpaired) electrons. The normalized spacial score (nSPS) is 10.3. The lowest BCUT2D eigenvalue weighted by Crippen LogP contribution is -2.13. The minimum absolute atomic E-state index is 0.00964. The molecule has 0 aliphatic rings. The van der Waals surface area contributed by atoms with Crippen molar-refractivity contribution in [2.75, 3.05) is 11.9 Å². The molecule has 1 aromatic heterocycles. The lowest BCUT2D eigenvalue weighted by Gasteiger charge is -2.05. The number of rotatable bonds is 5. The van der Waals surface area contributed by atoms with Crippen LogP contribution in [0.1, 0.15) is 22.9 Å². The van der Waals surface area contributed by atoms with E-state index < -0.39 is 0 Å². The molecular weight excluding hydrogens is 270 g/mol. The number of hydrogen-bond donors (Lipinski definition) is 1. The predicted molar refractivity (Wildman–Crippen MR) is 83.7 cm³/mol. The first-order chi connectivity index (χ1) is 9.58. The molecule has 1 N–H and O–H groups in total. The van der Waals surface area contributed by atoms with Gasteiger partial charge in [-0.1, -0.05) is 12.1 Å². The average molecular weight is 289 g/mol. The van der Waals surface area contributed by atoms with E-state index >= 15 is 0 Å². The maximum absolute atomic E-state index is 12.0. The molecule has 0 unspecified atom stereocenters. The van der Waals surface area contributed by atoms with E-state index in [4.69, 9.17) is 4.74 Å². The summed E-state index contributed by atoms with van der Waals surface area (Å²) in [6, 6.07) is 9.65. The van der Waals surface area contributed by atoms with Crippen molar-refractivity contribution in [3.63, 3.8) is 0 Å². The minimum atomic E-state index is 0.00964. The number of hydrogen-bond acceptors (Lipinski definition) is 3. The van der Waals surface area contributed by atoms with Gasteiger partial charge in [0.25, 0.3) is 0 Å². The van der Waals surface area contributed by atoms with Crippen LogP contribution in [0.15, 0.2) is 30.3 Å². The smallest absolute Gasteiger partial charge is 0.229 e. The van der Waals surface area contributed by atoms with Crippen LogP contribution in [0.5, 0.6) is 5.75 Å². The number of aryl methyl sites for hydroxylation is 2. The highest BCUT2D eigenvalue weighted by Gasteiger charge is 2.07. The summed E-state index contributed by atoms with van der Waals surface area (Å²) in [5.74, 6) is 0.844. The number of nitrogens with one attached hydrogen (secondary N) is 1. The molecule has 1 amide bonds. The van der Waals surface area contributed by atoms with Crippen LogP contribution in [0, 0.1) is 13.8 Å². The number of thiophene rings is 1. The van der Waals surface area contributed by atoms with Crippen LogP contribution in [0.2, 0.25) is 0 Å². The standard InChI is InChI=1S/C16H19NO2S/c1-4-19-14-7-5-13(6-8-14)10-15(18)17-16-9-11(2)12(3)20-16/h5-9H,4,10H2,1-3H3,(H,17,18). The van der Waals surface area contributed by atoms with E-state index in [-0.39, 0.29) is 5.91 Å². The first kappa shape index (κ1) is 14.6. The summed E-state index contributed by atoms with van der Waals surface area (Å²) in [4.78, 5) is 13.2. The van der Waals surface area contributed by atoms with Gasteiger partial charge in [0.15, 0.2) is 0 Å². The van der Waals surface area contributed by atoms with Crippen molar-refractivity contribution in [3.8, 4) is 5.75 Å². The number of benzene rings is 1. The van der Waals surface area contributed by atoms with E-state index in [9.17, 15) is 4.79 Å². The molecule has 106 valence electrons. The largest absolute Gasteiger partial charge is 0.494 e. The number of ether oxygens (including phenoxy) is 1. The summed E-state index contributed by atoms with van der Waals surface area (Å²) < 4.78 is 5.38. The van der Waals surface area contributed by atoms with Crippen molar-refractivity contribution in [3.05, 3.63) is 46.3 Å². The second-order valence-corrected chi connectivity index (χ2v) is 5.91. The Bertz CT molecular complexity index is 568. The Morgan fingerprint density at radius 1 is 1.25 bits per heavy atom. The van der Waals surface area contributed by atoms with Crippen LogP contribution in [-0.4, -0.2) is 12.5 Å². The van der Waals surface area contributed by atoms with Gasteiger partial charge in [0, 0.05) is 4.88 Å². The highest BCUT2D eigenvalue weighted by Crippen LogP contribution is 2.25. The zero-order chi connectivity index (χ0) is 14.5. The lowest BCUT2D eigenvalue weighted by atomic mass is 10.1. The summed E-state index contributed by atoms with van der Waals surface area (Å²) >= 11 is 1.61.